The minimum atomic E-state index is 0.147. The number of hydrogen-bond acceptors (Lipinski definition) is 3. The van der Waals surface area contributed by atoms with Crippen molar-refractivity contribution in [3.8, 4) is 0 Å². The Hall–Kier alpha value is -1.03. The van der Waals surface area contributed by atoms with Crippen LogP contribution in [0.15, 0.2) is 11.3 Å². The van der Waals surface area contributed by atoms with Gasteiger partial charge in [0.2, 0.25) is 0 Å². The van der Waals surface area contributed by atoms with Crippen LogP contribution in [0.5, 0.6) is 0 Å². The molecule has 3 rings (SSSR count). The van der Waals surface area contributed by atoms with Gasteiger partial charge in [0, 0.05) is 25.7 Å². The molecule has 0 bridgehead atoms. The maximum Gasteiger partial charge on any atom is 0.268 e. The lowest BCUT2D eigenvalue weighted by Gasteiger charge is -2.36. The van der Waals surface area contributed by atoms with Crippen molar-refractivity contribution in [2.45, 2.75) is 45.1 Å². The van der Waals surface area contributed by atoms with Crippen LogP contribution < -0.4 is 5.32 Å². The summed E-state index contributed by atoms with van der Waals surface area (Å²) in [6.07, 6.45) is 6.12. The molecule has 1 aliphatic carbocycles. The highest BCUT2D eigenvalue weighted by Gasteiger charge is 2.39. The molecule has 0 radical (unpaired) electrons. The van der Waals surface area contributed by atoms with E-state index in [0.29, 0.717) is 6.04 Å². The average Bonchev–Trinajstić information content (AvgIpc) is 2.95. The third-order valence-electron chi connectivity index (χ3n) is 4.21. The van der Waals surface area contributed by atoms with Crippen molar-refractivity contribution in [3.63, 3.8) is 0 Å². The summed E-state index contributed by atoms with van der Waals surface area (Å²) < 4.78 is 0. The second-order valence-corrected chi connectivity index (χ2v) is 5.22. The Morgan fingerprint density at radius 2 is 2.12 bits per heavy atom. The summed E-state index contributed by atoms with van der Waals surface area (Å²) in [7, 11) is 0. The first-order valence-corrected chi connectivity index (χ1v) is 6.85. The van der Waals surface area contributed by atoms with E-state index >= 15 is 0 Å². The summed E-state index contributed by atoms with van der Waals surface area (Å²) in [5.41, 5.74) is 2.33. The molecule has 1 saturated carbocycles. The van der Waals surface area contributed by atoms with Crippen LogP contribution in [0.1, 0.15) is 39.0 Å². The highest BCUT2D eigenvalue weighted by atomic mass is 16.2. The van der Waals surface area contributed by atoms with E-state index in [1.54, 1.807) is 0 Å². The minimum absolute atomic E-state index is 0.147. The molecule has 0 spiro atoms. The van der Waals surface area contributed by atoms with E-state index in [2.05, 4.69) is 22.3 Å². The largest absolute Gasteiger partial charge is 0.350 e. The van der Waals surface area contributed by atoms with Crippen molar-refractivity contribution >= 4 is 5.91 Å². The fourth-order valence-corrected chi connectivity index (χ4v) is 3.37. The summed E-state index contributed by atoms with van der Waals surface area (Å²) in [6, 6.07) is 0.561. The third kappa shape index (κ3) is 1.75. The van der Waals surface area contributed by atoms with Crippen molar-refractivity contribution in [2.75, 3.05) is 19.6 Å². The number of hydrogen-bond donors (Lipinski definition) is 1. The lowest BCUT2D eigenvalue weighted by atomic mass is 10.1. The van der Waals surface area contributed by atoms with E-state index in [-0.39, 0.29) is 5.91 Å². The number of likely N-dealkylation sites (N-methyl/N-ethyl adjacent to an activating group) is 1. The van der Waals surface area contributed by atoms with E-state index in [1.807, 2.05) is 0 Å². The first kappa shape index (κ1) is 11.1. The van der Waals surface area contributed by atoms with Gasteiger partial charge in [0.1, 0.15) is 5.70 Å². The normalized spacial score (nSPS) is 26.6. The third-order valence-corrected chi connectivity index (χ3v) is 4.21. The highest BCUT2D eigenvalue weighted by molar-refractivity contribution is 5.95. The number of carbonyl (C=O) groups is 1. The van der Waals surface area contributed by atoms with Crippen LogP contribution in [0.2, 0.25) is 0 Å². The van der Waals surface area contributed by atoms with E-state index in [0.717, 1.165) is 31.8 Å². The van der Waals surface area contributed by atoms with E-state index < -0.39 is 0 Å². The Morgan fingerprint density at radius 3 is 2.82 bits per heavy atom. The number of hydrazine groups is 1. The summed E-state index contributed by atoms with van der Waals surface area (Å²) in [5.74, 6) is 0.147. The standard InChI is InChI=1S/C13H21N3O/c1-2-15-9-10-7-8-14-13(17)12(10)16(15)11-5-3-4-6-11/h11H,2-9H2,1H3,(H,14,17). The fraction of sp³-hybridized carbons (Fsp3) is 0.769. The predicted octanol–water partition coefficient (Wildman–Crippen LogP) is 1.26. The molecule has 0 atom stereocenters. The maximum atomic E-state index is 12.1. The summed E-state index contributed by atoms with van der Waals surface area (Å²) in [4.78, 5) is 12.1. The lowest BCUT2D eigenvalue weighted by Crippen LogP contribution is -2.46. The smallest absolute Gasteiger partial charge is 0.268 e. The number of carbonyl (C=O) groups excluding carboxylic acids is 1. The molecule has 1 fully saturated rings. The average molecular weight is 235 g/mol. The monoisotopic (exact) mass is 235 g/mol. The molecule has 4 nitrogen and oxygen atoms in total. The molecule has 0 aromatic rings. The Bertz CT molecular complexity index is 358. The molecule has 4 heteroatoms. The number of nitrogens with one attached hydrogen (secondary N) is 1. The van der Waals surface area contributed by atoms with E-state index in [1.165, 1.54) is 31.3 Å². The zero-order chi connectivity index (χ0) is 11.8. The molecular formula is C13H21N3O. The van der Waals surface area contributed by atoms with Crippen molar-refractivity contribution in [3.05, 3.63) is 11.3 Å². The highest BCUT2D eigenvalue weighted by Crippen LogP contribution is 2.35. The lowest BCUT2D eigenvalue weighted by molar-refractivity contribution is -0.122. The van der Waals surface area contributed by atoms with Gasteiger partial charge in [-0.3, -0.25) is 9.80 Å². The molecule has 2 aliphatic heterocycles. The molecule has 0 aromatic heterocycles. The first-order valence-electron chi connectivity index (χ1n) is 6.85. The molecule has 3 aliphatic rings. The zero-order valence-corrected chi connectivity index (χ0v) is 10.5. The summed E-state index contributed by atoms with van der Waals surface area (Å²) >= 11 is 0. The predicted molar refractivity (Wildman–Crippen MR) is 66.0 cm³/mol. The molecule has 1 amide bonds. The Kier molecular flexibility index (Phi) is 2.82. The van der Waals surface area contributed by atoms with Crippen molar-refractivity contribution in [1.82, 2.24) is 15.3 Å². The number of rotatable bonds is 2. The second kappa shape index (κ2) is 4.33. The van der Waals surface area contributed by atoms with Gasteiger partial charge in [0.05, 0.1) is 0 Å². The van der Waals surface area contributed by atoms with Crippen molar-refractivity contribution in [1.29, 1.82) is 0 Å². The van der Waals surface area contributed by atoms with Gasteiger partial charge >= 0.3 is 0 Å². The van der Waals surface area contributed by atoms with Gasteiger partial charge in [-0.05, 0) is 24.8 Å². The first-order chi connectivity index (χ1) is 8.31. The fourth-order valence-electron chi connectivity index (χ4n) is 3.37. The van der Waals surface area contributed by atoms with Crippen LogP contribution in [0, 0.1) is 0 Å². The quantitative estimate of drug-likeness (QED) is 0.782. The molecular weight excluding hydrogens is 214 g/mol. The topological polar surface area (TPSA) is 35.6 Å². The Labute approximate surface area is 103 Å². The molecule has 17 heavy (non-hydrogen) atoms. The van der Waals surface area contributed by atoms with Gasteiger partial charge in [-0.15, -0.1) is 0 Å². The van der Waals surface area contributed by atoms with E-state index in [9.17, 15) is 4.79 Å². The van der Waals surface area contributed by atoms with Gasteiger partial charge < -0.3 is 5.32 Å². The van der Waals surface area contributed by atoms with Crippen LogP contribution in [0.3, 0.4) is 0 Å². The van der Waals surface area contributed by atoms with Crippen LogP contribution >= 0.6 is 0 Å². The molecule has 0 aromatic carbocycles. The molecule has 94 valence electrons. The van der Waals surface area contributed by atoms with Gasteiger partial charge in [-0.25, -0.2) is 5.01 Å². The van der Waals surface area contributed by atoms with Gasteiger partial charge in [-0.1, -0.05) is 19.8 Å². The summed E-state index contributed by atoms with van der Waals surface area (Å²) in [5, 5.41) is 7.66. The molecule has 1 N–H and O–H groups in total. The van der Waals surface area contributed by atoms with Crippen LogP contribution in [0.25, 0.3) is 0 Å². The summed E-state index contributed by atoms with van der Waals surface area (Å²) in [6.45, 7) is 4.96. The second-order valence-electron chi connectivity index (χ2n) is 5.22. The van der Waals surface area contributed by atoms with Gasteiger partial charge in [0.25, 0.3) is 5.91 Å². The Balaban J connectivity index is 1.90. The minimum Gasteiger partial charge on any atom is -0.350 e. The number of nitrogens with zero attached hydrogens (tertiary/aromatic N) is 2. The zero-order valence-electron chi connectivity index (χ0n) is 10.5. The van der Waals surface area contributed by atoms with Crippen LogP contribution in [-0.4, -0.2) is 41.6 Å². The van der Waals surface area contributed by atoms with Crippen LogP contribution in [0.4, 0.5) is 0 Å². The molecule has 0 saturated heterocycles. The Morgan fingerprint density at radius 1 is 1.35 bits per heavy atom. The van der Waals surface area contributed by atoms with Crippen LogP contribution in [-0.2, 0) is 4.79 Å². The molecule has 2 heterocycles. The number of amides is 1. The van der Waals surface area contributed by atoms with Crippen molar-refractivity contribution < 1.29 is 4.79 Å². The maximum absolute atomic E-state index is 12.1. The molecule has 0 unspecified atom stereocenters. The van der Waals surface area contributed by atoms with Gasteiger partial charge in [0.15, 0.2) is 0 Å². The SMILES string of the molecule is CCN1CC2=C(C(=O)NCC2)N1C1CCCC1. The van der Waals surface area contributed by atoms with E-state index in [4.69, 9.17) is 0 Å². The van der Waals surface area contributed by atoms with Crippen molar-refractivity contribution in [2.24, 2.45) is 0 Å². The van der Waals surface area contributed by atoms with Gasteiger partial charge in [-0.2, -0.15) is 0 Å².